The number of methoxy groups -OCH3 is 1. The zero-order chi connectivity index (χ0) is 24.5. The third kappa shape index (κ3) is 5.13. The number of aromatic hydroxyl groups is 1. The number of hydrogen-bond donors (Lipinski definition) is 2. The second-order valence-electron chi connectivity index (χ2n) is 9.61. The summed E-state index contributed by atoms with van der Waals surface area (Å²) in [5.74, 6) is 0.763. The van der Waals surface area contributed by atoms with Gasteiger partial charge in [0.1, 0.15) is 5.00 Å². The molecule has 4 rings (SSSR count). The Morgan fingerprint density at radius 1 is 1.24 bits per heavy atom. The van der Waals surface area contributed by atoms with Crippen LogP contribution in [0.4, 0.5) is 10.7 Å². The van der Waals surface area contributed by atoms with Gasteiger partial charge in [0, 0.05) is 27.4 Å². The standard InChI is InChI=1S/C27H29ClN2O3S/c1-27(2,3)17-8-13-20-22(14-17)34-26(29-15-16-6-5-7-21(33-4)24(16)31)23(20)25(32)30-19-11-9-18(28)10-12-19/h5-7,9-12,15,17,31H,8,13-14H2,1-4H3,(H,30,32)/t17-/m1/s1. The summed E-state index contributed by atoms with van der Waals surface area (Å²) in [6.45, 7) is 6.82. The topological polar surface area (TPSA) is 70.9 Å². The Morgan fingerprint density at radius 3 is 2.65 bits per heavy atom. The van der Waals surface area contributed by atoms with Crippen LogP contribution >= 0.6 is 22.9 Å². The molecule has 5 nitrogen and oxygen atoms in total. The number of amides is 1. The molecule has 0 spiro atoms. The van der Waals surface area contributed by atoms with Gasteiger partial charge in [-0.15, -0.1) is 11.3 Å². The minimum absolute atomic E-state index is 0.0232. The minimum Gasteiger partial charge on any atom is -0.504 e. The van der Waals surface area contributed by atoms with Gasteiger partial charge >= 0.3 is 0 Å². The summed E-state index contributed by atoms with van der Waals surface area (Å²) in [4.78, 5) is 19.3. The molecule has 1 heterocycles. The number of phenols is 1. The van der Waals surface area contributed by atoms with Gasteiger partial charge in [-0.25, -0.2) is 4.99 Å². The van der Waals surface area contributed by atoms with Gasteiger partial charge in [0.2, 0.25) is 0 Å². The molecule has 0 unspecified atom stereocenters. The highest BCUT2D eigenvalue weighted by Gasteiger charge is 2.33. The molecular weight excluding hydrogens is 468 g/mol. The van der Waals surface area contributed by atoms with Crippen molar-refractivity contribution in [1.82, 2.24) is 0 Å². The normalized spacial score (nSPS) is 15.9. The second kappa shape index (κ2) is 9.80. The van der Waals surface area contributed by atoms with Crippen LogP contribution in [0.2, 0.25) is 5.02 Å². The lowest BCUT2D eigenvalue weighted by Gasteiger charge is -2.33. The van der Waals surface area contributed by atoms with E-state index in [-0.39, 0.29) is 17.1 Å². The number of halogens is 1. The van der Waals surface area contributed by atoms with Crippen LogP contribution in [0.5, 0.6) is 11.5 Å². The molecule has 1 aliphatic carbocycles. The van der Waals surface area contributed by atoms with Gasteiger partial charge in [0.25, 0.3) is 5.91 Å². The fraction of sp³-hybridized carbons (Fsp3) is 0.333. The number of nitrogens with zero attached hydrogens (tertiary/aromatic N) is 1. The van der Waals surface area contributed by atoms with Crippen LogP contribution < -0.4 is 10.1 Å². The second-order valence-corrected chi connectivity index (χ2v) is 11.1. The summed E-state index contributed by atoms with van der Waals surface area (Å²) in [7, 11) is 1.51. The first-order valence-electron chi connectivity index (χ1n) is 11.3. The maximum atomic E-state index is 13.4. The predicted octanol–water partition coefficient (Wildman–Crippen LogP) is 7.27. The van der Waals surface area contributed by atoms with E-state index >= 15 is 0 Å². The van der Waals surface area contributed by atoms with Crippen LogP contribution in [0.15, 0.2) is 47.5 Å². The summed E-state index contributed by atoms with van der Waals surface area (Å²) in [6.07, 6.45) is 4.41. The maximum absolute atomic E-state index is 13.4. The highest BCUT2D eigenvalue weighted by Crippen LogP contribution is 2.45. The number of para-hydroxylation sites is 1. The molecule has 1 aliphatic rings. The number of rotatable bonds is 5. The lowest BCUT2D eigenvalue weighted by Crippen LogP contribution is -2.27. The Balaban J connectivity index is 1.72. The Hall–Kier alpha value is -2.83. The van der Waals surface area contributed by atoms with Gasteiger partial charge in [0.15, 0.2) is 11.5 Å². The molecule has 2 N–H and O–H groups in total. The monoisotopic (exact) mass is 496 g/mol. The molecule has 0 aliphatic heterocycles. The van der Waals surface area contributed by atoms with Crippen molar-refractivity contribution in [3.8, 4) is 11.5 Å². The molecule has 7 heteroatoms. The SMILES string of the molecule is COc1cccc(C=Nc2sc3c(c2C(=O)Nc2ccc(Cl)cc2)CC[C@@H](C(C)(C)C)C3)c1O. The van der Waals surface area contributed by atoms with Gasteiger partial charge in [-0.05, 0) is 72.6 Å². The van der Waals surface area contributed by atoms with Crippen molar-refractivity contribution < 1.29 is 14.6 Å². The van der Waals surface area contributed by atoms with Crippen molar-refractivity contribution in [3.63, 3.8) is 0 Å². The fourth-order valence-electron chi connectivity index (χ4n) is 4.30. The van der Waals surface area contributed by atoms with Crippen molar-refractivity contribution in [2.75, 3.05) is 12.4 Å². The van der Waals surface area contributed by atoms with Gasteiger partial charge < -0.3 is 15.2 Å². The van der Waals surface area contributed by atoms with Crippen LogP contribution in [0, 0.1) is 11.3 Å². The number of nitrogens with one attached hydrogen (secondary N) is 1. The minimum atomic E-state index is -0.184. The molecule has 1 amide bonds. The zero-order valence-corrected chi connectivity index (χ0v) is 21.4. The average Bonchev–Trinajstić information content (AvgIpc) is 3.17. The molecule has 34 heavy (non-hydrogen) atoms. The summed E-state index contributed by atoms with van der Waals surface area (Å²) in [6, 6.07) is 12.3. The molecule has 0 saturated carbocycles. The number of carbonyl (C=O) groups excluding carboxylic acids is 1. The Kier molecular flexibility index (Phi) is 7.01. The van der Waals surface area contributed by atoms with Gasteiger partial charge in [-0.3, -0.25) is 4.79 Å². The predicted molar refractivity (Wildman–Crippen MR) is 141 cm³/mol. The van der Waals surface area contributed by atoms with E-state index in [1.54, 1.807) is 60.0 Å². The first-order chi connectivity index (χ1) is 16.2. The van der Waals surface area contributed by atoms with Crippen LogP contribution in [-0.4, -0.2) is 24.3 Å². The van der Waals surface area contributed by atoms with Crippen molar-refractivity contribution >= 4 is 45.7 Å². The Morgan fingerprint density at radius 2 is 1.97 bits per heavy atom. The van der Waals surface area contributed by atoms with Gasteiger partial charge in [-0.2, -0.15) is 0 Å². The summed E-state index contributed by atoms with van der Waals surface area (Å²) in [5.41, 5.74) is 3.10. The van der Waals surface area contributed by atoms with E-state index in [9.17, 15) is 9.90 Å². The Bertz CT molecular complexity index is 1230. The smallest absolute Gasteiger partial charge is 0.259 e. The van der Waals surface area contributed by atoms with Crippen LogP contribution in [0.25, 0.3) is 0 Å². The molecule has 2 aromatic carbocycles. The first-order valence-corrected chi connectivity index (χ1v) is 12.5. The molecule has 3 aromatic rings. The van der Waals surface area contributed by atoms with E-state index < -0.39 is 0 Å². The number of hydrogen-bond acceptors (Lipinski definition) is 5. The van der Waals surface area contributed by atoms with Crippen LogP contribution in [0.3, 0.4) is 0 Å². The van der Waals surface area contributed by atoms with E-state index in [2.05, 4.69) is 31.1 Å². The summed E-state index contributed by atoms with van der Waals surface area (Å²) >= 11 is 7.56. The van der Waals surface area contributed by atoms with Crippen molar-refractivity contribution in [3.05, 3.63) is 69.1 Å². The van der Waals surface area contributed by atoms with Crippen molar-refractivity contribution in [2.45, 2.75) is 40.0 Å². The fourth-order valence-corrected chi connectivity index (χ4v) is 5.69. The quantitative estimate of drug-likeness (QED) is 0.365. The van der Waals surface area contributed by atoms with Crippen molar-refractivity contribution in [2.24, 2.45) is 16.3 Å². The third-order valence-corrected chi connectivity index (χ3v) is 7.79. The highest BCUT2D eigenvalue weighted by molar-refractivity contribution is 7.16. The number of fused-ring (bicyclic) bond motifs is 1. The van der Waals surface area contributed by atoms with E-state index in [0.717, 1.165) is 24.8 Å². The number of benzene rings is 2. The van der Waals surface area contributed by atoms with E-state index in [1.807, 2.05) is 0 Å². The molecule has 0 bridgehead atoms. The third-order valence-electron chi connectivity index (χ3n) is 6.37. The summed E-state index contributed by atoms with van der Waals surface area (Å²) < 4.78 is 5.20. The molecule has 0 saturated heterocycles. The average molecular weight is 497 g/mol. The summed E-state index contributed by atoms with van der Waals surface area (Å²) in [5, 5.41) is 14.7. The maximum Gasteiger partial charge on any atom is 0.259 e. The first kappa shape index (κ1) is 24.3. The van der Waals surface area contributed by atoms with Crippen molar-refractivity contribution in [1.29, 1.82) is 0 Å². The van der Waals surface area contributed by atoms with E-state index in [0.29, 0.717) is 38.5 Å². The number of phenolic OH excluding ortho intramolecular Hbond substituents is 1. The molecule has 0 fully saturated rings. The highest BCUT2D eigenvalue weighted by atomic mass is 35.5. The van der Waals surface area contributed by atoms with Crippen LogP contribution in [-0.2, 0) is 12.8 Å². The number of thiophene rings is 1. The number of aliphatic imine (C=N–C) groups is 1. The lowest BCUT2D eigenvalue weighted by molar-refractivity contribution is 0.102. The van der Waals surface area contributed by atoms with Gasteiger partial charge in [-0.1, -0.05) is 38.4 Å². The Labute approximate surface area is 209 Å². The zero-order valence-electron chi connectivity index (χ0n) is 19.8. The van der Waals surface area contributed by atoms with Crippen LogP contribution in [0.1, 0.15) is 53.6 Å². The van der Waals surface area contributed by atoms with E-state index in [4.69, 9.17) is 16.3 Å². The number of ether oxygens (including phenoxy) is 1. The molecule has 178 valence electrons. The lowest BCUT2D eigenvalue weighted by atomic mass is 9.72. The molecular formula is C27H29ClN2O3S. The van der Waals surface area contributed by atoms with Gasteiger partial charge in [0.05, 0.1) is 12.7 Å². The molecule has 1 aromatic heterocycles. The molecule has 1 atom stereocenters. The van der Waals surface area contributed by atoms with E-state index in [1.165, 1.54) is 12.0 Å². The molecule has 0 radical (unpaired) electrons. The largest absolute Gasteiger partial charge is 0.504 e. The number of carbonyl (C=O) groups is 1. The number of anilines is 1.